The molecule has 0 N–H and O–H groups in total. The van der Waals surface area contributed by atoms with Crippen molar-refractivity contribution in [1.82, 2.24) is 5.06 Å². The largest absolute Gasteiger partial charge is 0.456 e. The number of alkyl halides is 4. The van der Waals surface area contributed by atoms with Crippen LogP contribution >= 0.6 is 23.2 Å². The molecule has 0 aliphatic carbocycles. The molecule has 1 amide bonds. The number of hydroxylamine groups is 2. The van der Waals surface area contributed by atoms with E-state index in [0.29, 0.717) is 6.07 Å². The molecule has 0 aliphatic heterocycles. The lowest BCUT2D eigenvalue weighted by Gasteiger charge is -2.16. The van der Waals surface area contributed by atoms with E-state index < -0.39 is 22.6 Å². The Morgan fingerprint density at radius 1 is 1.23 bits per heavy atom. The maximum absolute atomic E-state index is 12.7. The van der Waals surface area contributed by atoms with Gasteiger partial charge in [0.15, 0.2) is 0 Å². The number of nitro groups is 1. The molecule has 0 spiro atoms. The van der Waals surface area contributed by atoms with Gasteiger partial charge in [0.2, 0.25) is 0 Å². The normalized spacial score (nSPS) is 11.3. The summed E-state index contributed by atoms with van der Waals surface area (Å²) in [6, 6.07) is 6.13. The lowest BCUT2D eigenvalue weighted by molar-refractivity contribution is -0.385. The Labute approximate surface area is 179 Å². The molecule has 0 unspecified atom stereocenters. The number of benzene rings is 2. The topological polar surface area (TPSA) is 81.9 Å². The van der Waals surface area contributed by atoms with Gasteiger partial charge in [0.25, 0.3) is 11.6 Å². The Morgan fingerprint density at radius 3 is 2.50 bits per heavy atom. The molecule has 12 heteroatoms. The van der Waals surface area contributed by atoms with E-state index in [1.165, 1.54) is 19.2 Å². The summed E-state index contributed by atoms with van der Waals surface area (Å²) in [4.78, 5) is 27.9. The van der Waals surface area contributed by atoms with Crippen molar-refractivity contribution >= 4 is 34.8 Å². The highest BCUT2D eigenvalue weighted by Crippen LogP contribution is 2.37. The minimum absolute atomic E-state index is 0.0202. The van der Waals surface area contributed by atoms with E-state index in [2.05, 4.69) is 0 Å². The second-order valence-electron chi connectivity index (χ2n) is 5.88. The molecule has 2 aromatic rings. The monoisotopic (exact) mass is 466 g/mol. The number of hydrogen-bond acceptors (Lipinski definition) is 5. The Morgan fingerprint density at radius 2 is 1.93 bits per heavy atom. The van der Waals surface area contributed by atoms with Gasteiger partial charge in [-0.05, 0) is 30.3 Å². The standard InChI is InChI=1S/C18H15Cl2F3N2O5/c1-24(29-7-6-19)17(26)9-11-8-13(3-4-15(11)25(27)28)30-16-5-2-12(10-14(16)20)18(21,22)23/h2-5,8,10H,6-7,9H2,1H3. The van der Waals surface area contributed by atoms with Gasteiger partial charge in [-0.1, -0.05) is 11.6 Å². The highest BCUT2D eigenvalue weighted by atomic mass is 35.5. The fraction of sp³-hybridized carbons (Fsp3) is 0.278. The molecule has 2 aromatic carbocycles. The van der Waals surface area contributed by atoms with Crippen LogP contribution in [0.1, 0.15) is 11.1 Å². The maximum atomic E-state index is 12.7. The molecule has 0 saturated carbocycles. The van der Waals surface area contributed by atoms with E-state index in [-0.39, 0.29) is 46.7 Å². The number of likely N-dealkylation sites (N-methyl/N-ethyl adjacent to an activating group) is 1. The van der Waals surface area contributed by atoms with Gasteiger partial charge < -0.3 is 4.74 Å². The molecule has 0 bridgehead atoms. The first-order valence-corrected chi connectivity index (χ1v) is 9.21. The minimum Gasteiger partial charge on any atom is -0.456 e. The summed E-state index contributed by atoms with van der Waals surface area (Å²) in [5, 5.41) is 11.9. The summed E-state index contributed by atoms with van der Waals surface area (Å²) in [5.74, 6) is -0.463. The lowest BCUT2D eigenvalue weighted by atomic mass is 10.1. The Balaban J connectivity index is 2.27. The summed E-state index contributed by atoms with van der Waals surface area (Å²) >= 11 is 11.3. The lowest BCUT2D eigenvalue weighted by Crippen LogP contribution is -2.29. The van der Waals surface area contributed by atoms with Gasteiger partial charge in [0.05, 0.1) is 28.5 Å². The van der Waals surface area contributed by atoms with Crippen LogP contribution in [-0.2, 0) is 22.2 Å². The Kier molecular flexibility index (Phi) is 7.88. The summed E-state index contributed by atoms with van der Waals surface area (Å²) in [6.07, 6.45) is -4.95. The van der Waals surface area contributed by atoms with Gasteiger partial charge in [-0.25, -0.2) is 5.06 Å². The number of amides is 1. The summed E-state index contributed by atoms with van der Waals surface area (Å²) in [5.41, 5.74) is -1.26. The van der Waals surface area contributed by atoms with Crippen LogP contribution in [0.25, 0.3) is 0 Å². The maximum Gasteiger partial charge on any atom is 0.416 e. The van der Waals surface area contributed by atoms with Crippen LogP contribution in [0.3, 0.4) is 0 Å². The number of rotatable bonds is 8. The Hall–Kier alpha value is -2.56. The average molecular weight is 467 g/mol. The first kappa shape index (κ1) is 23.7. The second kappa shape index (κ2) is 9.96. The van der Waals surface area contributed by atoms with Gasteiger partial charge in [-0.3, -0.25) is 19.7 Å². The first-order chi connectivity index (χ1) is 14.0. The van der Waals surface area contributed by atoms with E-state index >= 15 is 0 Å². The molecule has 0 heterocycles. The van der Waals surface area contributed by atoms with Crippen molar-refractivity contribution in [2.24, 2.45) is 0 Å². The molecule has 0 aromatic heterocycles. The third kappa shape index (κ3) is 6.22. The fourth-order valence-electron chi connectivity index (χ4n) is 2.35. The van der Waals surface area contributed by atoms with Crippen LogP contribution in [-0.4, -0.2) is 35.4 Å². The van der Waals surface area contributed by atoms with E-state index in [0.717, 1.165) is 23.3 Å². The molecule has 2 rings (SSSR count). The van der Waals surface area contributed by atoms with Gasteiger partial charge >= 0.3 is 6.18 Å². The number of carbonyl (C=O) groups excluding carboxylic acids is 1. The van der Waals surface area contributed by atoms with Crippen LogP contribution in [0.5, 0.6) is 11.5 Å². The van der Waals surface area contributed by atoms with Crippen molar-refractivity contribution < 1.29 is 32.5 Å². The molecule has 0 aliphatic rings. The molecule has 7 nitrogen and oxygen atoms in total. The van der Waals surface area contributed by atoms with Gasteiger partial charge in [-0.15, -0.1) is 11.6 Å². The molecular weight excluding hydrogens is 452 g/mol. The SMILES string of the molecule is CN(OCCCl)C(=O)Cc1cc(Oc2ccc(C(F)(F)F)cc2Cl)ccc1[N+](=O)[O-]. The summed E-state index contributed by atoms with van der Waals surface area (Å²) < 4.78 is 43.7. The molecule has 0 atom stereocenters. The van der Waals surface area contributed by atoms with E-state index in [9.17, 15) is 28.1 Å². The van der Waals surface area contributed by atoms with Crippen molar-refractivity contribution in [1.29, 1.82) is 0 Å². The van der Waals surface area contributed by atoms with E-state index in [1.807, 2.05) is 0 Å². The number of ether oxygens (including phenoxy) is 1. The highest BCUT2D eigenvalue weighted by molar-refractivity contribution is 6.32. The first-order valence-electron chi connectivity index (χ1n) is 8.30. The predicted molar refractivity (Wildman–Crippen MR) is 103 cm³/mol. The molecule has 0 saturated heterocycles. The van der Waals surface area contributed by atoms with Crippen LogP contribution in [0.15, 0.2) is 36.4 Å². The van der Waals surface area contributed by atoms with E-state index in [1.54, 1.807) is 0 Å². The smallest absolute Gasteiger partial charge is 0.416 e. The Bertz CT molecular complexity index is 941. The molecule has 0 radical (unpaired) electrons. The van der Waals surface area contributed by atoms with Crippen molar-refractivity contribution in [2.75, 3.05) is 19.5 Å². The van der Waals surface area contributed by atoms with Crippen LogP contribution in [0.2, 0.25) is 5.02 Å². The van der Waals surface area contributed by atoms with Crippen molar-refractivity contribution in [2.45, 2.75) is 12.6 Å². The molecule has 0 fully saturated rings. The molecule has 30 heavy (non-hydrogen) atoms. The summed E-state index contributed by atoms with van der Waals surface area (Å²) in [7, 11) is 1.34. The fourth-order valence-corrected chi connectivity index (χ4v) is 2.64. The predicted octanol–water partition coefficient (Wildman–Crippen LogP) is 5.23. The molecule has 162 valence electrons. The zero-order valence-corrected chi connectivity index (χ0v) is 16.9. The van der Waals surface area contributed by atoms with Crippen molar-refractivity contribution in [3.63, 3.8) is 0 Å². The molecular formula is C18H15Cl2F3N2O5. The van der Waals surface area contributed by atoms with E-state index in [4.69, 9.17) is 32.8 Å². The van der Waals surface area contributed by atoms with Crippen molar-refractivity contribution in [3.8, 4) is 11.5 Å². The number of carbonyl (C=O) groups is 1. The van der Waals surface area contributed by atoms with Gasteiger partial charge in [-0.2, -0.15) is 13.2 Å². The average Bonchev–Trinajstić information content (AvgIpc) is 2.66. The third-order valence-corrected chi connectivity index (χ3v) is 4.24. The van der Waals surface area contributed by atoms with Gasteiger partial charge in [0.1, 0.15) is 11.5 Å². The quantitative estimate of drug-likeness (QED) is 0.302. The number of hydrogen-bond donors (Lipinski definition) is 0. The second-order valence-corrected chi connectivity index (χ2v) is 6.67. The zero-order valence-electron chi connectivity index (χ0n) is 15.4. The highest BCUT2D eigenvalue weighted by Gasteiger charge is 2.31. The third-order valence-electron chi connectivity index (χ3n) is 3.79. The number of nitro benzene ring substituents is 1. The minimum atomic E-state index is -4.57. The zero-order chi connectivity index (χ0) is 22.5. The summed E-state index contributed by atoms with van der Waals surface area (Å²) in [6.45, 7) is 0.0709. The van der Waals surface area contributed by atoms with Crippen LogP contribution in [0.4, 0.5) is 18.9 Å². The van der Waals surface area contributed by atoms with Crippen LogP contribution in [0, 0.1) is 10.1 Å². The number of halogens is 5. The number of nitrogens with zero attached hydrogens (tertiary/aromatic N) is 2. The van der Waals surface area contributed by atoms with Crippen LogP contribution < -0.4 is 4.74 Å². The van der Waals surface area contributed by atoms with Gasteiger partial charge in [0, 0.05) is 24.6 Å². The van der Waals surface area contributed by atoms with Crippen molar-refractivity contribution in [3.05, 3.63) is 62.7 Å².